The number of hydrogen-bond donors (Lipinski definition) is 0. The maximum absolute atomic E-state index is 13.7. The molecule has 2 aromatic carbocycles. The van der Waals surface area contributed by atoms with E-state index in [0.717, 1.165) is 71.0 Å². The zero-order valence-corrected chi connectivity index (χ0v) is 24.5. The number of piperidine rings is 1. The molecule has 5 heteroatoms. The number of hydrogen-bond acceptors (Lipinski definition) is 4. The van der Waals surface area contributed by atoms with Gasteiger partial charge < -0.3 is 14.5 Å². The lowest BCUT2D eigenvalue weighted by atomic mass is 9.57. The van der Waals surface area contributed by atoms with Gasteiger partial charge in [-0.25, -0.2) is 0 Å². The summed E-state index contributed by atoms with van der Waals surface area (Å²) in [5, 5.41) is 0. The summed E-state index contributed by atoms with van der Waals surface area (Å²) in [6, 6.07) is 19.1. The van der Waals surface area contributed by atoms with Crippen molar-refractivity contribution in [1.82, 2.24) is 9.80 Å². The molecule has 5 nitrogen and oxygen atoms in total. The van der Waals surface area contributed by atoms with Gasteiger partial charge in [0.25, 0.3) is 0 Å². The van der Waals surface area contributed by atoms with Crippen LogP contribution in [0.5, 0.6) is 5.75 Å². The van der Waals surface area contributed by atoms with Crippen LogP contribution in [0.1, 0.15) is 83.3 Å². The van der Waals surface area contributed by atoms with Gasteiger partial charge in [-0.15, -0.1) is 0 Å². The summed E-state index contributed by atoms with van der Waals surface area (Å²) >= 11 is 0. The second-order valence-corrected chi connectivity index (χ2v) is 12.4. The van der Waals surface area contributed by atoms with E-state index in [-0.39, 0.29) is 17.4 Å². The minimum absolute atomic E-state index is 0.00320. The van der Waals surface area contributed by atoms with Crippen LogP contribution < -0.4 is 4.74 Å². The molecule has 2 fully saturated rings. The molecule has 0 radical (unpaired) electrons. The van der Waals surface area contributed by atoms with Crippen molar-refractivity contribution in [3.63, 3.8) is 0 Å². The lowest BCUT2D eigenvalue weighted by Gasteiger charge is -2.54. The minimum atomic E-state index is -0.288. The first kappa shape index (κ1) is 29.3. The van der Waals surface area contributed by atoms with Gasteiger partial charge in [-0.1, -0.05) is 62.7 Å². The van der Waals surface area contributed by atoms with Crippen molar-refractivity contribution in [2.45, 2.75) is 90.0 Å². The van der Waals surface area contributed by atoms with Crippen molar-refractivity contribution >= 4 is 11.9 Å². The minimum Gasteiger partial charge on any atom is -0.427 e. The second kappa shape index (κ2) is 13.6. The number of carbonyl (C=O) groups excluding carboxylic acids is 2. The van der Waals surface area contributed by atoms with Crippen molar-refractivity contribution in [3.05, 3.63) is 65.7 Å². The number of unbranched alkanes of at least 4 members (excludes halogenated alkanes) is 2. The van der Waals surface area contributed by atoms with Crippen LogP contribution in [0.3, 0.4) is 0 Å². The summed E-state index contributed by atoms with van der Waals surface area (Å²) in [5.74, 6) is 1.63. The molecule has 0 spiro atoms. The lowest BCUT2D eigenvalue weighted by Crippen LogP contribution is -2.56. The molecule has 2 aliphatic rings. The molecule has 39 heavy (non-hydrogen) atoms. The Hall–Kier alpha value is -2.66. The van der Waals surface area contributed by atoms with Crippen molar-refractivity contribution in [2.24, 2.45) is 11.8 Å². The third-order valence-electron chi connectivity index (χ3n) is 8.89. The predicted molar refractivity (Wildman–Crippen MR) is 158 cm³/mol. The van der Waals surface area contributed by atoms with Gasteiger partial charge in [-0.05, 0) is 93.6 Å². The van der Waals surface area contributed by atoms with Gasteiger partial charge in [0.2, 0.25) is 5.91 Å². The first-order valence-corrected chi connectivity index (χ1v) is 15.1. The summed E-state index contributed by atoms with van der Waals surface area (Å²) in [6.07, 6.45) is 9.12. The van der Waals surface area contributed by atoms with E-state index in [0.29, 0.717) is 29.9 Å². The number of benzene rings is 2. The largest absolute Gasteiger partial charge is 0.427 e. The number of likely N-dealkylation sites (tertiary alicyclic amines) is 1. The molecule has 1 amide bonds. The Kier molecular flexibility index (Phi) is 10.2. The van der Waals surface area contributed by atoms with Gasteiger partial charge in [0, 0.05) is 37.9 Å². The molecular weight excluding hydrogens is 484 g/mol. The highest BCUT2D eigenvalue weighted by molar-refractivity contribution is 5.76. The summed E-state index contributed by atoms with van der Waals surface area (Å²) < 4.78 is 5.49. The van der Waals surface area contributed by atoms with E-state index >= 15 is 0 Å². The third-order valence-corrected chi connectivity index (χ3v) is 8.89. The predicted octanol–water partition coefficient (Wildman–Crippen LogP) is 6.64. The molecule has 3 atom stereocenters. The maximum Gasteiger partial charge on any atom is 0.308 e. The van der Waals surface area contributed by atoms with E-state index in [9.17, 15) is 9.59 Å². The monoisotopic (exact) mass is 532 g/mol. The molecule has 2 aromatic rings. The third kappa shape index (κ3) is 7.72. The van der Waals surface area contributed by atoms with Crippen LogP contribution in [0.4, 0.5) is 0 Å². The van der Waals surface area contributed by atoms with E-state index in [1.807, 2.05) is 12.1 Å². The van der Waals surface area contributed by atoms with Gasteiger partial charge in [-0.2, -0.15) is 0 Å². The Labute approximate surface area is 235 Å². The fraction of sp³-hybridized carbons (Fsp3) is 0.588. The number of nitrogens with zero attached hydrogens (tertiary/aromatic N) is 2. The molecule has 0 bridgehead atoms. The second-order valence-electron chi connectivity index (χ2n) is 12.4. The van der Waals surface area contributed by atoms with Crippen LogP contribution in [0.2, 0.25) is 0 Å². The Bertz CT molecular complexity index is 1080. The van der Waals surface area contributed by atoms with Gasteiger partial charge in [0.05, 0.1) is 0 Å². The maximum atomic E-state index is 13.7. The number of rotatable bonds is 11. The van der Waals surface area contributed by atoms with E-state index < -0.39 is 0 Å². The van der Waals surface area contributed by atoms with E-state index in [2.05, 4.69) is 73.2 Å². The highest BCUT2D eigenvalue weighted by Crippen LogP contribution is 2.50. The number of esters is 1. The highest BCUT2D eigenvalue weighted by Gasteiger charge is 2.49. The molecule has 1 saturated heterocycles. The van der Waals surface area contributed by atoms with Crippen molar-refractivity contribution < 1.29 is 14.3 Å². The van der Waals surface area contributed by atoms with Crippen molar-refractivity contribution in [3.8, 4) is 5.75 Å². The van der Waals surface area contributed by atoms with Gasteiger partial charge in [0.15, 0.2) is 0 Å². The van der Waals surface area contributed by atoms with Gasteiger partial charge in [0.1, 0.15) is 5.75 Å². The molecule has 212 valence electrons. The first-order valence-electron chi connectivity index (χ1n) is 15.1. The molecule has 1 aliphatic carbocycles. The average molecular weight is 533 g/mol. The van der Waals surface area contributed by atoms with Crippen LogP contribution in [0.25, 0.3) is 0 Å². The zero-order chi connectivity index (χ0) is 27.8. The summed E-state index contributed by atoms with van der Waals surface area (Å²) in [6.45, 7) is 8.84. The number of amides is 1. The Balaban J connectivity index is 1.47. The van der Waals surface area contributed by atoms with Crippen LogP contribution in [-0.4, -0.2) is 54.4 Å². The number of carbonyl (C=O) groups is 2. The van der Waals surface area contributed by atoms with E-state index in [4.69, 9.17) is 4.74 Å². The topological polar surface area (TPSA) is 49.9 Å². The van der Waals surface area contributed by atoms with Gasteiger partial charge >= 0.3 is 5.97 Å². The summed E-state index contributed by atoms with van der Waals surface area (Å²) in [4.78, 5) is 30.1. The highest BCUT2D eigenvalue weighted by atomic mass is 16.5. The molecule has 1 heterocycles. The SMILES string of the molecule is CC(=O)Oc1cccc(C23CCN(C)CC2CCC(N(CC(C)C)C(=O)CCCCCc2ccccc2)C3)c1. The number of ether oxygens (including phenoxy) is 1. The van der Waals surface area contributed by atoms with Crippen LogP contribution >= 0.6 is 0 Å². The first-order chi connectivity index (χ1) is 18.8. The van der Waals surface area contributed by atoms with Crippen LogP contribution in [0, 0.1) is 11.8 Å². The summed E-state index contributed by atoms with van der Waals surface area (Å²) in [7, 11) is 2.22. The number of fused-ring (bicyclic) bond motifs is 1. The fourth-order valence-electron chi connectivity index (χ4n) is 7.01. The molecular formula is C34H48N2O3. The smallest absolute Gasteiger partial charge is 0.308 e. The summed E-state index contributed by atoms with van der Waals surface area (Å²) in [5.41, 5.74) is 2.64. The van der Waals surface area contributed by atoms with Gasteiger partial charge in [-0.3, -0.25) is 9.59 Å². The van der Waals surface area contributed by atoms with E-state index in [1.165, 1.54) is 18.1 Å². The molecule has 1 saturated carbocycles. The lowest BCUT2D eigenvalue weighted by molar-refractivity contribution is -0.136. The van der Waals surface area contributed by atoms with Crippen molar-refractivity contribution in [2.75, 3.05) is 26.7 Å². The normalized spacial score (nSPS) is 23.3. The van der Waals surface area contributed by atoms with Crippen LogP contribution in [0.15, 0.2) is 54.6 Å². The zero-order valence-electron chi connectivity index (χ0n) is 24.5. The Morgan fingerprint density at radius 1 is 1.05 bits per heavy atom. The standard InChI is InChI=1S/C34H48N2O3/c1-26(2)24-36(33(38)17-10-6-9-14-28-12-7-5-8-13-28)31-19-18-30-25-35(4)21-20-34(30,23-31)29-15-11-16-32(22-29)39-27(3)37/h5,7-8,11-13,15-16,22,26,30-31H,6,9-10,14,17-21,23-25H2,1-4H3. The average Bonchev–Trinajstić information content (AvgIpc) is 2.91. The molecule has 4 rings (SSSR count). The Morgan fingerprint density at radius 3 is 2.59 bits per heavy atom. The molecule has 0 N–H and O–H groups in total. The van der Waals surface area contributed by atoms with Crippen LogP contribution in [-0.2, 0) is 21.4 Å². The molecule has 3 unspecified atom stereocenters. The van der Waals surface area contributed by atoms with Crippen molar-refractivity contribution in [1.29, 1.82) is 0 Å². The Morgan fingerprint density at radius 2 is 1.85 bits per heavy atom. The molecule has 1 aliphatic heterocycles. The molecule has 0 aromatic heterocycles. The van der Waals surface area contributed by atoms with E-state index in [1.54, 1.807) is 0 Å². The fourth-order valence-corrected chi connectivity index (χ4v) is 7.01. The quantitative estimate of drug-likeness (QED) is 0.185. The number of aryl methyl sites for hydroxylation is 1.